The minimum absolute atomic E-state index is 0.0751. The van der Waals surface area contributed by atoms with Gasteiger partial charge < -0.3 is 5.32 Å². The lowest BCUT2D eigenvalue weighted by atomic mass is 9.95. The summed E-state index contributed by atoms with van der Waals surface area (Å²) in [6, 6.07) is 13.2. The highest BCUT2D eigenvalue weighted by atomic mass is 32.2. The third-order valence-electron chi connectivity index (χ3n) is 5.55. The van der Waals surface area contributed by atoms with Crippen LogP contribution in [0.25, 0.3) is 0 Å². The zero-order valence-electron chi connectivity index (χ0n) is 15.9. The number of piperidine rings is 1. The highest BCUT2D eigenvalue weighted by molar-refractivity contribution is 7.99. The molecule has 0 saturated carbocycles. The summed E-state index contributed by atoms with van der Waals surface area (Å²) in [5, 5.41) is 3.07. The minimum Gasteiger partial charge on any atom is -0.349 e. The quantitative estimate of drug-likeness (QED) is 0.799. The van der Waals surface area contributed by atoms with E-state index in [1.165, 1.54) is 22.1 Å². The Morgan fingerprint density at radius 3 is 2.48 bits per heavy atom. The van der Waals surface area contributed by atoms with Crippen LogP contribution < -0.4 is 5.32 Å². The highest BCUT2D eigenvalue weighted by Crippen LogP contribution is 2.38. The number of hydrogen-bond donors (Lipinski definition) is 1. The van der Waals surface area contributed by atoms with Crippen LogP contribution in [-0.4, -0.2) is 37.5 Å². The molecule has 0 aliphatic carbocycles. The fourth-order valence-electron chi connectivity index (χ4n) is 3.93. The minimum atomic E-state index is -3.53. The van der Waals surface area contributed by atoms with Crippen molar-refractivity contribution in [2.75, 3.05) is 18.8 Å². The van der Waals surface area contributed by atoms with Gasteiger partial charge in [0.2, 0.25) is 15.9 Å². The lowest BCUT2D eigenvalue weighted by Crippen LogP contribution is -2.44. The van der Waals surface area contributed by atoms with E-state index in [0.717, 1.165) is 17.7 Å². The molecule has 154 valence electrons. The van der Waals surface area contributed by atoms with Crippen molar-refractivity contribution < 1.29 is 17.6 Å². The molecule has 5 nitrogen and oxygen atoms in total. The van der Waals surface area contributed by atoms with Crippen molar-refractivity contribution >= 4 is 27.7 Å². The molecule has 29 heavy (non-hydrogen) atoms. The molecule has 1 saturated heterocycles. The molecule has 1 atom stereocenters. The van der Waals surface area contributed by atoms with Gasteiger partial charge in [-0.25, -0.2) is 12.8 Å². The first-order chi connectivity index (χ1) is 14.0. The summed E-state index contributed by atoms with van der Waals surface area (Å²) in [5.74, 6) is 0.204. The maximum Gasteiger partial charge on any atom is 0.243 e. The predicted octanol–water partition coefficient (Wildman–Crippen LogP) is 3.58. The number of carbonyl (C=O) groups excluding carboxylic acids is 1. The molecule has 0 unspecified atom stereocenters. The Morgan fingerprint density at radius 2 is 1.76 bits per heavy atom. The maximum absolute atomic E-state index is 14.0. The molecular weight excluding hydrogens is 411 g/mol. The molecule has 4 rings (SSSR count). The van der Waals surface area contributed by atoms with Gasteiger partial charge in [0.25, 0.3) is 0 Å². The molecule has 1 N–H and O–H groups in total. The molecular formula is C21H23FN2O3S2. The topological polar surface area (TPSA) is 66.5 Å². The summed E-state index contributed by atoms with van der Waals surface area (Å²) >= 11 is 1.48. The van der Waals surface area contributed by atoms with E-state index < -0.39 is 10.0 Å². The van der Waals surface area contributed by atoms with Gasteiger partial charge in [-0.15, -0.1) is 11.8 Å². The fraction of sp³-hybridized carbons (Fsp3) is 0.381. The van der Waals surface area contributed by atoms with Crippen LogP contribution in [-0.2, 0) is 14.8 Å². The first kappa shape index (κ1) is 20.4. The summed E-state index contributed by atoms with van der Waals surface area (Å²) < 4.78 is 41.0. The predicted molar refractivity (Wildman–Crippen MR) is 111 cm³/mol. The Bertz CT molecular complexity index is 990. The van der Waals surface area contributed by atoms with Crippen LogP contribution in [0, 0.1) is 11.7 Å². The molecule has 2 aromatic carbocycles. The van der Waals surface area contributed by atoms with Gasteiger partial charge in [-0.3, -0.25) is 4.79 Å². The van der Waals surface area contributed by atoms with Gasteiger partial charge in [0.05, 0.1) is 10.9 Å². The first-order valence-corrected chi connectivity index (χ1v) is 12.2. The Morgan fingerprint density at radius 1 is 1.03 bits per heavy atom. The van der Waals surface area contributed by atoms with E-state index in [0.29, 0.717) is 30.8 Å². The lowest BCUT2D eigenvalue weighted by Gasteiger charge is -2.32. The zero-order chi connectivity index (χ0) is 20.4. The molecule has 0 radical (unpaired) electrons. The number of amides is 1. The van der Waals surface area contributed by atoms with E-state index in [-0.39, 0.29) is 28.6 Å². The van der Waals surface area contributed by atoms with Gasteiger partial charge in [-0.2, -0.15) is 4.31 Å². The number of thioether (sulfide) groups is 1. The van der Waals surface area contributed by atoms with Crippen LogP contribution in [0.15, 0.2) is 58.3 Å². The third-order valence-corrected chi connectivity index (χ3v) is 8.62. The highest BCUT2D eigenvalue weighted by Gasteiger charge is 2.33. The van der Waals surface area contributed by atoms with Crippen LogP contribution in [0.1, 0.15) is 30.9 Å². The van der Waals surface area contributed by atoms with E-state index in [2.05, 4.69) is 5.32 Å². The molecule has 0 bridgehead atoms. The summed E-state index contributed by atoms with van der Waals surface area (Å²) in [6.45, 7) is 0.641. The number of nitrogens with one attached hydrogen (secondary N) is 1. The van der Waals surface area contributed by atoms with Crippen molar-refractivity contribution in [1.29, 1.82) is 0 Å². The van der Waals surface area contributed by atoms with Gasteiger partial charge in [0, 0.05) is 29.7 Å². The molecule has 2 heterocycles. The van der Waals surface area contributed by atoms with Crippen molar-refractivity contribution in [3.8, 4) is 0 Å². The summed E-state index contributed by atoms with van der Waals surface area (Å²) in [5.41, 5.74) is 0.832. The second-order valence-electron chi connectivity index (χ2n) is 7.35. The van der Waals surface area contributed by atoms with Crippen molar-refractivity contribution in [3.63, 3.8) is 0 Å². The van der Waals surface area contributed by atoms with Gasteiger partial charge in [0.1, 0.15) is 5.82 Å². The fourth-order valence-corrected chi connectivity index (χ4v) is 6.56. The van der Waals surface area contributed by atoms with Crippen molar-refractivity contribution in [3.05, 3.63) is 59.9 Å². The number of halogens is 1. The number of fused-ring (bicyclic) bond motifs is 1. The van der Waals surface area contributed by atoms with Gasteiger partial charge >= 0.3 is 0 Å². The van der Waals surface area contributed by atoms with Gasteiger partial charge in [-0.05, 0) is 43.0 Å². The summed E-state index contributed by atoms with van der Waals surface area (Å²) in [6.07, 6.45) is 1.72. The molecule has 8 heteroatoms. The summed E-state index contributed by atoms with van der Waals surface area (Å²) in [4.78, 5) is 13.7. The molecule has 2 aliphatic rings. The molecule has 2 aromatic rings. The Hall–Kier alpha value is -1.90. The number of sulfonamides is 1. The molecule has 2 aliphatic heterocycles. The van der Waals surface area contributed by atoms with E-state index >= 15 is 0 Å². The van der Waals surface area contributed by atoms with Crippen molar-refractivity contribution in [1.82, 2.24) is 9.62 Å². The van der Waals surface area contributed by atoms with Gasteiger partial charge in [-0.1, -0.05) is 30.3 Å². The lowest BCUT2D eigenvalue weighted by molar-refractivity contribution is -0.127. The van der Waals surface area contributed by atoms with Crippen molar-refractivity contribution in [2.24, 2.45) is 5.92 Å². The van der Waals surface area contributed by atoms with Crippen LogP contribution in [0.4, 0.5) is 4.39 Å². The SMILES string of the molecule is O=C(N[C@@H]1CCSc2c(F)cccc21)C1CCN(S(=O)(=O)c2ccccc2)CC1. The number of benzene rings is 2. The normalized spacial score (nSPS) is 20.8. The number of hydrogen-bond acceptors (Lipinski definition) is 4. The van der Waals surface area contributed by atoms with Crippen LogP contribution in [0.3, 0.4) is 0 Å². The van der Waals surface area contributed by atoms with E-state index in [4.69, 9.17) is 0 Å². The van der Waals surface area contributed by atoms with E-state index in [9.17, 15) is 17.6 Å². The monoisotopic (exact) mass is 434 g/mol. The number of carbonyl (C=O) groups is 1. The van der Waals surface area contributed by atoms with E-state index in [1.807, 2.05) is 6.07 Å². The smallest absolute Gasteiger partial charge is 0.243 e. The van der Waals surface area contributed by atoms with Crippen LogP contribution in [0.5, 0.6) is 0 Å². The molecule has 0 spiro atoms. The number of rotatable bonds is 4. The standard InChI is InChI=1S/C21H23FN2O3S2/c22-18-8-4-7-17-19(11-14-28-20(17)18)23-21(25)15-9-12-24(13-10-15)29(26,27)16-5-2-1-3-6-16/h1-8,15,19H,9-14H2,(H,23,25)/t19-/m1/s1. The second kappa shape index (κ2) is 8.45. The first-order valence-electron chi connectivity index (χ1n) is 9.73. The van der Waals surface area contributed by atoms with Crippen LogP contribution in [0.2, 0.25) is 0 Å². The Kier molecular flexibility index (Phi) is 5.94. The van der Waals surface area contributed by atoms with Gasteiger partial charge in [0.15, 0.2) is 0 Å². The average molecular weight is 435 g/mol. The zero-order valence-corrected chi connectivity index (χ0v) is 17.5. The average Bonchev–Trinajstić information content (AvgIpc) is 2.75. The maximum atomic E-state index is 14.0. The summed E-state index contributed by atoms with van der Waals surface area (Å²) in [7, 11) is -3.53. The van der Waals surface area contributed by atoms with Crippen molar-refractivity contribution in [2.45, 2.75) is 35.1 Å². The largest absolute Gasteiger partial charge is 0.349 e. The van der Waals surface area contributed by atoms with E-state index in [1.54, 1.807) is 36.4 Å². The Labute approximate surface area is 174 Å². The molecule has 1 fully saturated rings. The number of nitrogens with zero attached hydrogens (tertiary/aromatic N) is 1. The molecule has 0 aromatic heterocycles. The van der Waals surface area contributed by atoms with Crippen LogP contribution >= 0.6 is 11.8 Å². The molecule has 1 amide bonds. The third kappa shape index (κ3) is 4.20. The second-order valence-corrected chi connectivity index (χ2v) is 10.4. The Balaban J connectivity index is 1.39.